The van der Waals surface area contributed by atoms with E-state index in [4.69, 9.17) is 16.3 Å². The topological polar surface area (TPSA) is 76.5 Å². The molecule has 7 nitrogen and oxygen atoms in total. The molecule has 1 fully saturated rings. The Morgan fingerprint density at radius 2 is 1.97 bits per heavy atom. The van der Waals surface area contributed by atoms with Gasteiger partial charge < -0.3 is 19.5 Å². The van der Waals surface area contributed by atoms with Gasteiger partial charge in [0.05, 0.1) is 25.2 Å². The van der Waals surface area contributed by atoms with Crippen molar-refractivity contribution in [1.82, 2.24) is 19.8 Å². The third-order valence-electron chi connectivity index (χ3n) is 6.58. The SMILES string of the molecule is O=C(NCCc1cccs1)C1CCN(C(=O)c2ncn3c2COC(c2ccc(Cl)cc2)C3)CC1. The number of fused-ring (bicyclic) bond motifs is 1. The Bertz CT molecular complexity index is 1140. The molecule has 1 N–H and O–H groups in total. The van der Waals surface area contributed by atoms with Crippen LogP contribution < -0.4 is 5.32 Å². The number of imidazole rings is 1. The zero-order valence-corrected chi connectivity index (χ0v) is 20.4. The molecule has 0 aliphatic carbocycles. The first kappa shape index (κ1) is 23.1. The molecule has 0 saturated carbocycles. The van der Waals surface area contributed by atoms with Gasteiger partial charge in [0.2, 0.25) is 5.91 Å². The summed E-state index contributed by atoms with van der Waals surface area (Å²) in [7, 11) is 0. The number of hydrogen-bond donors (Lipinski definition) is 1. The number of nitrogens with zero attached hydrogens (tertiary/aromatic N) is 3. The van der Waals surface area contributed by atoms with Gasteiger partial charge in [0.25, 0.3) is 5.91 Å². The zero-order valence-electron chi connectivity index (χ0n) is 18.8. The molecule has 2 amide bonds. The summed E-state index contributed by atoms with van der Waals surface area (Å²) in [6.45, 7) is 2.70. The third kappa shape index (κ3) is 5.04. The Labute approximate surface area is 207 Å². The van der Waals surface area contributed by atoms with Crippen molar-refractivity contribution in [3.8, 4) is 0 Å². The zero-order chi connectivity index (χ0) is 23.5. The monoisotopic (exact) mass is 498 g/mol. The van der Waals surface area contributed by atoms with Gasteiger partial charge in [-0.05, 0) is 48.4 Å². The summed E-state index contributed by atoms with van der Waals surface area (Å²) >= 11 is 7.70. The molecule has 2 aromatic heterocycles. The highest BCUT2D eigenvalue weighted by Gasteiger charge is 2.32. The molecule has 1 atom stereocenters. The molecule has 1 aromatic carbocycles. The molecule has 0 spiro atoms. The van der Waals surface area contributed by atoms with Crippen molar-refractivity contribution in [2.24, 2.45) is 5.92 Å². The number of thiophene rings is 1. The molecule has 3 aromatic rings. The number of likely N-dealkylation sites (tertiary alicyclic amines) is 1. The van der Waals surface area contributed by atoms with Crippen LogP contribution in [0.5, 0.6) is 0 Å². The van der Waals surface area contributed by atoms with Crippen molar-refractivity contribution in [2.45, 2.75) is 38.5 Å². The highest BCUT2D eigenvalue weighted by Crippen LogP contribution is 2.29. The van der Waals surface area contributed by atoms with E-state index >= 15 is 0 Å². The molecule has 0 bridgehead atoms. The summed E-state index contributed by atoms with van der Waals surface area (Å²) < 4.78 is 8.06. The Hall–Kier alpha value is -2.68. The predicted octanol–water partition coefficient (Wildman–Crippen LogP) is 4.08. The van der Waals surface area contributed by atoms with Gasteiger partial charge in [0, 0.05) is 35.5 Å². The van der Waals surface area contributed by atoms with E-state index in [9.17, 15) is 9.59 Å². The first-order valence-corrected chi connectivity index (χ1v) is 12.8. The second-order valence-corrected chi connectivity index (χ2v) is 10.2. The number of nitrogens with one attached hydrogen (secondary N) is 1. The van der Waals surface area contributed by atoms with Crippen LogP contribution in [0.2, 0.25) is 5.02 Å². The number of carbonyl (C=O) groups is 2. The van der Waals surface area contributed by atoms with Gasteiger partial charge in [-0.2, -0.15) is 0 Å². The van der Waals surface area contributed by atoms with Crippen LogP contribution in [0.15, 0.2) is 48.1 Å². The molecule has 9 heteroatoms. The number of benzene rings is 1. The number of amides is 2. The molecule has 0 radical (unpaired) electrons. The minimum atomic E-state index is -0.101. The fraction of sp³-hybridized carbons (Fsp3) is 0.400. The molecule has 2 aliphatic rings. The molecule has 1 unspecified atom stereocenters. The maximum absolute atomic E-state index is 13.2. The summed E-state index contributed by atoms with van der Waals surface area (Å²) in [6.07, 6.45) is 3.81. The molecule has 4 heterocycles. The normalized spacial score (nSPS) is 18.5. The van der Waals surface area contributed by atoms with Crippen LogP contribution >= 0.6 is 22.9 Å². The van der Waals surface area contributed by atoms with Crippen LogP contribution in [0.1, 0.15) is 45.6 Å². The smallest absolute Gasteiger partial charge is 0.274 e. The van der Waals surface area contributed by atoms with E-state index < -0.39 is 0 Å². The van der Waals surface area contributed by atoms with Gasteiger partial charge in [0.15, 0.2) is 5.69 Å². The van der Waals surface area contributed by atoms with E-state index in [0.29, 0.717) is 56.3 Å². The Balaban J connectivity index is 1.14. The molecule has 1 saturated heterocycles. The minimum Gasteiger partial charge on any atom is -0.365 e. The quantitative estimate of drug-likeness (QED) is 0.555. The molecule has 5 rings (SSSR count). The van der Waals surface area contributed by atoms with Gasteiger partial charge in [-0.3, -0.25) is 9.59 Å². The molecule has 2 aliphatic heterocycles. The van der Waals surface area contributed by atoms with E-state index in [-0.39, 0.29) is 23.8 Å². The first-order chi connectivity index (χ1) is 16.6. The fourth-order valence-corrected chi connectivity index (χ4v) is 5.42. The van der Waals surface area contributed by atoms with Crippen LogP contribution in [0.3, 0.4) is 0 Å². The summed E-state index contributed by atoms with van der Waals surface area (Å²) in [5.74, 6) is -0.0460. The van der Waals surface area contributed by atoms with Gasteiger partial charge in [-0.1, -0.05) is 29.8 Å². The maximum atomic E-state index is 13.2. The lowest BCUT2D eigenvalue weighted by Gasteiger charge is -2.31. The number of halogens is 1. The fourth-order valence-electron chi connectivity index (χ4n) is 4.59. The van der Waals surface area contributed by atoms with Gasteiger partial charge in [0.1, 0.15) is 6.10 Å². The molecule has 34 heavy (non-hydrogen) atoms. The average molecular weight is 499 g/mol. The highest BCUT2D eigenvalue weighted by atomic mass is 35.5. The lowest BCUT2D eigenvalue weighted by Crippen LogP contribution is -2.43. The number of aromatic nitrogens is 2. The molecule has 178 valence electrons. The second-order valence-electron chi connectivity index (χ2n) is 8.73. The van der Waals surface area contributed by atoms with E-state index in [1.165, 1.54) is 4.88 Å². The standard InChI is InChI=1S/C25H27ClN4O3S/c26-19-5-3-17(4-6-19)22-14-30-16-28-23(21(30)15-33-22)25(32)29-11-8-18(9-12-29)24(31)27-10-7-20-2-1-13-34-20/h1-6,13,16,18,22H,7-12,14-15H2,(H,27,31). The summed E-state index contributed by atoms with van der Waals surface area (Å²) in [5, 5.41) is 5.79. The number of piperidine rings is 1. The summed E-state index contributed by atoms with van der Waals surface area (Å²) in [5.41, 5.74) is 2.31. The van der Waals surface area contributed by atoms with Crippen LogP contribution in [0, 0.1) is 5.92 Å². The van der Waals surface area contributed by atoms with E-state index in [1.54, 1.807) is 17.7 Å². The lowest BCUT2D eigenvalue weighted by molar-refractivity contribution is -0.126. The number of carbonyl (C=O) groups excluding carboxylic acids is 2. The van der Waals surface area contributed by atoms with Gasteiger partial charge in [-0.25, -0.2) is 4.98 Å². The largest absolute Gasteiger partial charge is 0.365 e. The van der Waals surface area contributed by atoms with Crippen LogP contribution in [-0.4, -0.2) is 45.9 Å². The van der Waals surface area contributed by atoms with Crippen molar-refractivity contribution in [3.05, 3.63) is 75.0 Å². The Kier molecular flexibility index (Phi) is 6.99. The van der Waals surface area contributed by atoms with E-state index in [0.717, 1.165) is 17.7 Å². The molecular formula is C25H27ClN4O3S. The third-order valence-corrected chi connectivity index (χ3v) is 7.77. The van der Waals surface area contributed by atoms with Crippen molar-refractivity contribution in [2.75, 3.05) is 19.6 Å². The Morgan fingerprint density at radius 3 is 2.71 bits per heavy atom. The van der Waals surface area contributed by atoms with Gasteiger partial charge in [-0.15, -0.1) is 11.3 Å². The van der Waals surface area contributed by atoms with Gasteiger partial charge >= 0.3 is 0 Å². The second kappa shape index (κ2) is 10.3. The van der Waals surface area contributed by atoms with Crippen LogP contribution in [0.25, 0.3) is 0 Å². The van der Waals surface area contributed by atoms with Crippen molar-refractivity contribution in [3.63, 3.8) is 0 Å². The molecular weight excluding hydrogens is 472 g/mol. The number of hydrogen-bond acceptors (Lipinski definition) is 5. The van der Waals surface area contributed by atoms with Crippen molar-refractivity contribution in [1.29, 1.82) is 0 Å². The predicted molar refractivity (Wildman–Crippen MR) is 131 cm³/mol. The number of ether oxygens (including phenoxy) is 1. The first-order valence-electron chi connectivity index (χ1n) is 11.6. The van der Waals surface area contributed by atoms with E-state index in [1.807, 2.05) is 45.2 Å². The minimum absolute atomic E-state index is 0.0493. The summed E-state index contributed by atoms with van der Waals surface area (Å²) in [6, 6.07) is 11.7. The number of rotatable bonds is 6. The van der Waals surface area contributed by atoms with Crippen molar-refractivity contribution < 1.29 is 14.3 Å². The lowest BCUT2D eigenvalue weighted by atomic mass is 9.95. The maximum Gasteiger partial charge on any atom is 0.274 e. The van der Waals surface area contributed by atoms with Crippen LogP contribution in [0.4, 0.5) is 0 Å². The van der Waals surface area contributed by atoms with Crippen LogP contribution in [-0.2, 0) is 29.1 Å². The highest BCUT2D eigenvalue weighted by molar-refractivity contribution is 7.09. The summed E-state index contributed by atoms with van der Waals surface area (Å²) in [4.78, 5) is 33.2. The van der Waals surface area contributed by atoms with Crippen molar-refractivity contribution >= 4 is 34.8 Å². The van der Waals surface area contributed by atoms with E-state index in [2.05, 4.69) is 16.4 Å². The Morgan fingerprint density at radius 1 is 1.18 bits per heavy atom. The average Bonchev–Trinajstić information content (AvgIpc) is 3.54.